The summed E-state index contributed by atoms with van der Waals surface area (Å²) in [6.45, 7) is -11.5. The number of ketones is 4. The fourth-order valence-electron chi connectivity index (χ4n) is 9.48. The second-order valence-electron chi connectivity index (χ2n) is 22.6. The Balaban J connectivity index is 0.000000164. The van der Waals surface area contributed by atoms with E-state index in [1.54, 1.807) is 19.1 Å². The van der Waals surface area contributed by atoms with Crippen LogP contribution in [0.3, 0.4) is 0 Å². The summed E-state index contributed by atoms with van der Waals surface area (Å²) in [6, 6.07) is 1.73. The van der Waals surface area contributed by atoms with Crippen molar-refractivity contribution in [2.45, 2.75) is 100 Å². The summed E-state index contributed by atoms with van der Waals surface area (Å²) in [5.74, 6) is -10.6. The predicted molar refractivity (Wildman–Crippen MR) is 427 cm³/mol. The SMILES string of the molecule is [2H]N(c1onc(C([2H])([2H])[2H])c1Cl)S(=O)(=O)c1ccsc1C(=O)Cc1cc2c(cc1C)OCO2.[2H]c1c2c(c([2H])c(C([2H])([2H])C(=O)c3sccc3S(=O)(=O)N([2H])c3onc(C)c3Cl)c1C([2H])([2H])[2H])OC([2H])([2H])O2.[2H]c1c2c(c([2H])c(C([2H])([2H])C(=O)c3sccc3S(=O)(=O)N([2H])c3onc(C)c3Cl)c1C([2H])([2H])[2H])OC([2H])O2.[2H]c1c2c(c([2H])c(C([2H])([2H])C(=O)c3sccc3S(=O)(=O)N([2H])c3onc(C)c3Cl)c1C([2H])([2H])[2H])OCO2. The first-order chi connectivity index (χ1) is 67.6. The van der Waals surface area contributed by atoms with Crippen LogP contribution in [-0.2, 0) is 65.6 Å². The van der Waals surface area contributed by atoms with E-state index in [4.69, 9.17) is 145 Å². The number of sulfonamides is 4. The Labute approximate surface area is 740 Å². The number of benzene rings is 4. The average molecular weight is 1850 g/mol. The molecule has 4 aliphatic rings. The van der Waals surface area contributed by atoms with Gasteiger partial charge in [0.2, 0.25) is 27.1 Å². The molecule has 116 heavy (non-hydrogen) atoms. The number of anilines is 4. The summed E-state index contributed by atoms with van der Waals surface area (Å²) in [5.41, 5.74) is -5.38. The van der Waals surface area contributed by atoms with E-state index in [1.165, 1.54) is 32.2 Å². The van der Waals surface area contributed by atoms with Gasteiger partial charge in [-0.3, -0.25) is 19.2 Å². The van der Waals surface area contributed by atoms with Crippen molar-refractivity contribution < 1.29 is 151 Å². The number of hydrogen-bond donors (Lipinski definition) is 4. The minimum absolute atomic E-state index is 0.0654. The minimum Gasteiger partial charge on any atom is -0.454 e. The first kappa shape index (κ1) is 52.4. The zero-order chi connectivity index (χ0) is 110. The standard InChI is InChI=1S/4C18H15ClN2O6S2/c4*1-9-5-13-14(26-8-25-13)7-11(9)6-12(22)17-15(3-4-28-17)29(23,24)21-18-16(19)10(2)20-27-18/h4*3-5,7,21H,6,8H2,1-2H3/i1D3,5D,6D2,7D,8D2;1D3,5D,6D2,7D,8D;1D3,5D,6D2,7D;2D3/hD4. The summed E-state index contributed by atoms with van der Waals surface area (Å²) in [4.78, 5) is 48.4. The van der Waals surface area contributed by atoms with Gasteiger partial charge in [0.25, 0.3) is 63.6 Å². The van der Waals surface area contributed by atoms with E-state index in [-0.39, 0.29) is 74.9 Å². The Bertz CT molecular complexity index is 7890. The third-order valence-corrected chi connectivity index (χ3v) is 26.0. The van der Waals surface area contributed by atoms with Gasteiger partial charge in [0.15, 0.2) is 74.8 Å². The highest BCUT2D eigenvalue weighted by atomic mass is 35.5. The molecule has 0 saturated heterocycles. The van der Waals surface area contributed by atoms with Crippen molar-refractivity contribution in [2.24, 2.45) is 0 Å². The molecule has 4 aromatic carbocycles. The Kier molecular flexibility index (Phi) is 15.4. The quantitative estimate of drug-likeness (QED) is 0.0408. The maximum atomic E-state index is 13.6. The molecule has 0 radical (unpaired) electrons. The van der Waals surface area contributed by atoms with Crippen LogP contribution in [-0.4, -0.2) is 105 Å². The number of carbonyl (C=O) groups is 4. The molecule has 1 atom stereocenters. The van der Waals surface area contributed by atoms with Gasteiger partial charge in [-0.2, -0.15) is 0 Å². The Morgan fingerprint density at radius 3 is 1.07 bits per heavy atom. The van der Waals surface area contributed by atoms with Crippen LogP contribution in [0.25, 0.3) is 0 Å². The number of nitrogens with zero attached hydrogens (tertiary/aromatic N) is 4. The van der Waals surface area contributed by atoms with Crippen LogP contribution >= 0.6 is 91.8 Å². The first-order valence-corrected chi connectivity index (χ1v) is 41.9. The lowest BCUT2D eigenvalue weighted by Gasteiger charge is -2.09. The Hall–Kier alpha value is -10.2. The van der Waals surface area contributed by atoms with E-state index in [2.05, 4.69) is 20.6 Å². The number of hydrogen-bond acceptors (Lipinski definition) is 32. The number of aryl methyl sites for hydroxylation is 5. The third-order valence-electron chi connectivity index (χ3n) is 15.0. The van der Waals surface area contributed by atoms with Crippen LogP contribution in [0.15, 0.2) is 132 Å². The number of fused-ring (bicyclic) bond motifs is 4. The summed E-state index contributed by atoms with van der Waals surface area (Å²) in [6.07, 6.45) is -10.3. The largest absolute Gasteiger partial charge is 0.454 e. The number of Topliss-reactive ketones (excluding diaryl/α,β-unsaturated/α-hetero) is 4. The molecule has 608 valence electrons. The number of halogens is 4. The number of thiophene rings is 4. The molecule has 0 bridgehead atoms. The highest BCUT2D eigenvalue weighted by Gasteiger charge is 2.34. The molecule has 4 N–H and O–H groups in total. The highest BCUT2D eigenvalue weighted by molar-refractivity contribution is 7.94. The Morgan fingerprint density at radius 2 is 0.716 bits per heavy atom. The molecule has 12 aromatic rings. The van der Waals surface area contributed by atoms with Crippen molar-refractivity contribution >= 4 is 179 Å². The summed E-state index contributed by atoms with van der Waals surface area (Å²) >= 11 is 26.1. The van der Waals surface area contributed by atoms with Crippen molar-refractivity contribution in [3.8, 4) is 46.0 Å². The molecule has 0 spiro atoms. The van der Waals surface area contributed by atoms with Crippen molar-refractivity contribution in [3.05, 3.63) is 201 Å². The molecular weight excluding hydrogens is 1760 g/mol. The van der Waals surface area contributed by atoms with Gasteiger partial charge in [-0.1, -0.05) is 67.0 Å². The molecule has 44 heteroatoms. The fraction of sp³-hybridized carbons (Fsp3) is 0.222. The maximum Gasteiger partial charge on any atom is 0.265 e. The van der Waals surface area contributed by atoms with Crippen LogP contribution in [0.5, 0.6) is 46.0 Å². The van der Waals surface area contributed by atoms with E-state index < -0.39 is 297 Å². The van der Waals surface area contributed by atoms with Gasteiger partial charge in [0.1, 0.15) is 66.6 Å². The van der Waals surface area contributed by atoms with Crippen molar-refractivity contribution in [3.63, 3.8) is 0 Å². The van der Waals surface area contributed by atoms with E-state index in [9.17, 15) is 52.8 Å². The van der Waals surface area contributed by atoms with Gasteiger partial charge in [-0.25, -0.2) is 52.5 Å². The molecule has 0 amide bonds. The number of rotatable bonds is 24. The van der Waals surface area contributed by atoms with Gasteiger partial charge in [0.05, 0.1) is 27.7 Å². The van der Waals surface area contributed by atoms with Crippen LogP contribution in [0.2, 0.25) is 25.7 Å². The fourth-order valence-corrected chi connectivity index (χ4v) is 19.1. The highest BCUT2D eigenvalue weighted by Crippen LogP contribution is 2.42. The summed E-state index contributed by atoms with van der Waals surface area (Å²) < 4.78 is 413. The normalized spacial score (nSPS) is 18.7. The molecule has 0 fully saturated rings. The second-order valence-corrected chi connectivity index (χ2v) is 34.1. The molecule has 1 unspecified atom stereocenters. The van der Waals surface area contributed by atoms with Crippen LogP contribution in [0.4, 0.5) is 23.5 Å². The topological polar surface area (TPSA) is 431 Å². The van der Waals surface area contributed by atoms with Gasteiger partial charge in [0, 0.05) is 50.2 Å². The smallest absolute Gasteiger partial charge is 0.265 e. The van der Waals surface area contributed by atoms with Crippen LogP contribution in [0, 0.1) is 55.1 Å². The van der Waals surface area contributed by atoms with Crippen molar-refractivity contribution in [1.29, 1.82) is 0 Å². The lowest BCUT2D eigenvalue weighted by molar-refractivity contribution is 0.0985. The zero-order valence-electron chi connectivity index (χ0n) is 88.6. The first-order valence-electron chi connectivity index (χ1n) is 46.4. The summed E-state index contributed by atoms with van der Waals surface area (Å²) in [7, 11) is -19.4. The molecule has 8 aromatic heterocycles. The second kappa shape index (κ2) is 34.1. The maximum absolute atomic E-state index is 13.6. The molecular formula is C72H60Cl4N8O24S8. The van der Waals surface area contributed by atoms with E-state index >= 15 is 0 Å². The zero-order valence-corrected chi connectivity index (χ0v) is 67.2. The molecule has 12 heterocycles. The predicted octanol–water partition coefficient (Wildman–Crippen LogP) is 15.8. The lowest BCUT2D eigenvalue weighted by Crippen LogP contribution is -2.16. The number of carbonyl (C=O) groups excluding carboxylic acids is 4. The van der Waals surface area contributed by atoms with Gasteiger partial charge in [-0.15, -0.1) is 45.3 Å². The summed E-state index contributed by atoms with van der Waals surface area (Å²) in [5, 5.41) is 17.0. The van der Waals surface area contributed by atoms with Gasteiger partial charge < -0.3 is 56.0 Å². The van der Waals surface area contributed by atoms with Crippen LogP contribution in [0.1, 0.15) is 143 Å². The molecule has 0 aliphatic carbocycles. The van der Waals surface area contributed by atoms with Crippen molar-refractivity contribution in [2.75, 3.05) is 46.0 Å². The minimum atomic E-state index is -4.94. The van der Waals surface area contributed by atoms with E-state index in [0.29, 0.717) is 51.1 Å². The lowest BCUT2D eigenvalue weighted by atomic mass is 10.0. The number of ether oxygens (including phenoxy) is 8. The number of nitrogens with one attached hydrogen (secondary N) is 4. The van der Waals surface area contributed by atoms with Gasteiger partial charge in [-0.05, 0) is 194 Å². The molecule has 16 rings (SSSR count). The van der Waals surface area contributed by atoms with Gasteiger partial charge >= 0.3 is 0 Å². The Morgan fingerprint density at radius 1 is 0.414 bits per heavy atom. The van der Waals surface area contributed by atoms with E-state index in [1.807, 2.05) is 0 Å². The average Bonchev–Trinajstić information content (AvgIpc) is 1.55. The van der Waals surface area contributed by atoms with E-state index in [0.717, 1.165) is 51.2 Å². The van der Waals surface area contributed by atoms with Crippen molar-refractivity contribution in [1.82, 2.24) is 20.6 Å². The third kappa shape index (κ3) is 18.1. The van der Waals surface area contributed by atoms with Crippen LogP contribution < -0.4 is 56.8 Å². The monoisotopic (exact) mass is 1850 g/mol. The molecule has 32 nitrogen and oxygen atoms in total. The molecule has 4 aliphatic heterocycles. The molecule has 0 saturated carbocycles. The number of aromatic nitrogens is 4.